The van der Waals surface area contributed by atoms with E-state index in [4.69, 9.17) is 4.42 Å². The van der Waals surface area contributed by atoms with Gasteiger partial charge in [-0.3, -0.25) is 4.79 Å². The van der Waals surface area contributed by atoms with Crippen LogP contribution in [0.3, 0.4) is 0 Å². The average molecular weight is 262 g/mol. The molecule has 0 spiro atoms. The van der Waals surface area contributed by atoms with Gasteiger partial charge in [-0.05, 0) is 12.0 Å². The highest BCUT2D eigenvalue weighted by molar-refractivity contribution is 5.92. The number of hydrogen-bond donors (Lipinski definition) is 1. The predicted molar refractivity (Wildman–Crippen MR) is 68.2 cm³/mol. The van der Waals surface area contributed by atoms with Gasteiger partial charge in [0.25, 0.3) is 5.91 Å². The molecule has 0 atom stereocenters. The summed E-state index contributed by atoms with van der Waals surface area (Å²) < 4.78 is 18.5. The minimum atomic E-state index is -0.385. The standard InChI is InChI=1S/C14H15FN2O2/c1-9(2)12-13(19-8-17-12)14(18)16-7-10-5-3-4-6-11(10)15/h3-6,8-9H,7H2,1-2H3,(H,16,18). The number of halogens is 1. The molecule has 100 valence electrons. The fourth-order valence-electron chi connectivity index (χ4n) is 1.73. The molecule has 0 radical (unpaired) electrons. The van der Waals surface area contributed by atoms with Crippen LogP contribution in [0.5, 0.6) is 0 Å². The summed E-state index contributed by atoms with van der Waals surface area (Å²) in [4.78, 5) is 16.0. The molecule has 1 heterocycles. The molecular weight excluding hydrogens is 247 g/mol. The van der Waals surface area contributed by atoms with E-state index >= 15 is 0 Å². The zero-order valence-electron chi connectivity index (χ0n) is 10.8. The zero-order valence-corrected chi connectivity index (χ0v) is 10.8. The number of aromatic nitrogens is 1. The lowest BCUT2D eigenvalue weighted by molar-refractivity contribution is 0.0921. The monoisotopic (exact) mass is 262 g/mol. The van der Waals surface area contributed by atoms with E-state index in [1.807, 2.05) is 13.8 Å². The lowest BCUT2D eigenvalue weighted by Gasteiger charge is -2.06. The number of carbonyl (C=O) groups excluding carboxylic acids is 1. The Balaban J connectivity index is 2.06. The highest BCUT2D eigenvalue weighted by Crippen LogP contribution is 2.17. The fourth-order valence-corrected chi connectivity index (χ4v) is 1.73. The van der Waals surface area contributed by atoms with Crippen LogP contribution in [-0.4, -0.2) is 10.9 Å². The molecule has 0 aliphatic carbocycles. The molecule has 1 aromatic heterocycles. The summed E-state index contributed by atoms with van der Waals surface area (Å²) in [5.41, 5.74) is 1.03. The van der Waals surface area contributed by atoms with Gasteiger partial charge in [0.15, 0.2) is 6.39 Å². The summed E-state index contributed by atoms with van der Waals surface area (Å²) in [7, 11) is 0. The van der Waals surface area contributed by atoms with E-state index in [1.165, 1.54) is 12.5 Å². The maximum absolute atomic E-state index is 13.4. The third-order valence-electron chi connectivity index (χ3n) is 2.75. The number of carbonyl (C=O) groups is 1. The summed E-state index contributed by atoms with van der Waals surface area (Å²) in [6.07, 6.45) is 1.24. The molecule has 2 aromatic rings. The van der Waals surface area contributed by atoms with E-state index < -0.39 is 0 Å². The Bertz CT molecular complexity index is 578. The van der Waals surface area contributed by atoms with Gasteiger partial charge < -0.3 is 9.73 Å². The van der Waals surface area contributed by atoms with Crippen LogP contribution < -0.4 is 5.32 Å². The number of rotatable bonds is 4. The molecule has 0 unspecified atom stereocenters. The van der Waals surface area contributed by atoms with Crippen molar-refractivity contribution >= 4 is 5.91 Å². The Morgan fingerprint density at radius 3 is 2.84 bits per heavy atom. The number of benzene rings is 1. The molecule has 2 rings (SSSR count). The Morgan fingerprint density at radius 2 is 2.16 bits per heavy atom. The van der Waals surface area contributed by atoms with Crippen LogP contribution in [0.1, 0.15) is 41.6 Å². The molecular formula is C14H15FN2O2. The van der Waals surface area contributed by atoms with Crippen LogP contribution >= 0.6 is 0 Å². The number of hydrogen-bond acceptors (Lipinski definition) is 3. The van der Waals surface area contributed by atoms with E-state index in [-0.39, 0.29) is 29.9 Å². The summed E-state index contributed by atoms with van der Waals surface area (Å²) in [6.45, 7) is 3.96. The lowest BCUT2D eigenvalue weighted by atomic mass is 10.1. The molecule has 0 aliphatic heterocycles. The van der Waals surface area contributed by atoms with Gasteiger partial charge in [0.1, 0.15) is 5.82 Å². The number of nitrogens with one attached hydrogen (secondary N) is 1. The molecule has 1 N–H and O–H groups in total. The third-order valence-corrected chi connectivity index (χ3v) is 2.75. The molecule has 0 bridgehead atoms. The highest BCUT2D eigenvalue weighted by Gasteiger charge is 2.19. The van der Waals surface area contributed by atoms with E-state index in [0.29, 0.717) is 11.3 Å². The average Bonchev–Trinajstić information content (AvgIpc) is 2.87. The SMILES string of the molecule is CC(C)c1ncoc1C(=O)NCc1ccccc1F. The quantitative estimate of drug-likeness (QED) is 0.921. The van der Waals surface area contributed by atoms with E-state index in [0.717, 1.165) is 0 Å². The third kappa shape index (κ3) is 2.99. The van der Waals surface area contributed by atoms with Crippen molar-refractivity contribution in [1.29, 1.82) is 0 Å². The topological polar surface area (TPSA) is 55.1 Å². The minimum Gasteiger partial charge on any atom is -0.438 e. The van der Waals surface area contributed by atoms with E-state index in [9.17, 15) is 9.18 Å². The first-order valence-corrected chi connectivity index (χ1v) is 6.04. The molecule has 0 saturated heterocycles. The fraction of sp³-hybridized carbons (Fsp3) is 0.286. The first kappa shape index (κ1) is 13.3. The Hall–Kier alpha value is -2.17. The van der Waals surface area contributed by atoms with Crippen LogP contribution in [0.2, 0.25) is 0 Å². The van der Waals surface area contributed by atoms with Gasteiger partial charge in [-0.1, -0.05) is 32.0 Å². The number of nitrogens with zero attached hydrogens (tertiary/aromatic N) is 1. The van der Waals surface area contributed by atoms with Gasteiger partial charge >= 0.3 is 0 Å². The first-order chi connectivity index (χ1) is 9.09. The smallest absolute Gasteiger partial charge is 0.289 e. The van der Waals surface area contributed by atoms with Crippen molar-refractivity contribution in [2.45, 2.75) is 26.3 Å². The molecule has 0 saturated carbocycles. The van der Waals surface area contributed by atoms with Gasteiger partial charge in [0, 0.05) is 12.1 Å². The molecule has 19 heavy (non-hydrogen) atoms. The summed E-state index contributed by atoms with van der Waals surface area (Å²) >= 11 is 0. The van der Waals surface area contributed by atoms with Crippen molar-refractivity contribution in [3.8, 4) is 0 Å². The van der Waals surface area contributed by atoms with Crippen molar-refractivity contribution < 1.29 is 13.6 Å². The Labute approximate surface area is 110 Å². The summed E-state index contributed by atoms with van der Waals surface area (Å²) in [5.74, 6) is -0.451. The summed E-state index contributed by atoms with van der Waals surface area (Å²) in [5, 5.41) is 2.62. The van der Waals surface area contributed by atoms with Crippen molar-refractivity contribution in [3.63, 3.8) is 0 Å². The maximum Gasteiger partial charge on any atom is 0.289 e. The van der Waals surface area contributed by atoms with Crippen molar-refractivity contribution in [2.24, 2.45) is 0 Å². The van der Waals surface area contributed by atoms with Gasteiger partial charge in [-0.2, -0.15) is 0 Å². The molecule has 0 fully saturated rings. The van der Waals surface area contributed by atoms with Crippen molar-refractivity contribution in [2.75, 3.05) is 0 Å². The van der Waals surface area contributed by atoms with Crippen LogP contribution in [0.15, 0.2) is 35.1 Å². The second-order valence-electron chi connectivity index (χ2n) is 4.50. The van der Waals surface area contributed by atoms with Crippen LogP contribution in [-0.2, 0) is 6.54 Å². The lowest BCUT2D eigenvalue weighted by Crippen LogP contribution is -2.24. The second-order valence-corrected chi connectivity index (χ2v) is 4.50. The van der Waals surface area contributed by atoms with Gasteiger partial charge in [0.2, 0.25) is 5.76 Å². The largest absolute Gasteiger partial charge is 0.438 e. The minimum absolute atomic E-state index is 0.0907. The van der Waals surface area contributed by atoms with Gasteiger partial charge in [-0.15, -0.1) is 0 Å². The predicted octanol–water partition coefficient (Wildman–Crippen LogP) is 2.87. The van der Waals surface area contributed by atoms with Crippen molar-refractivity contribution in [3.05, 3.63) is 53.5 Å². The Kier molecular flexibility index (Phi) is 3.94. The summed E-state index contributed by atoms with van der Waals surface area (Å²) in [6, 6.07) is 6.31. The molecule has 0 aliphatic rings. The molecule has 1 amide bonds. The first-order valence-electron chi connectivity index (χ1n) is 6.04. The van der Waals surface area contributed by atoms with E-state index in [2.05, 4.69) is 10.3 Å². The molecule has 4 nitrogen and oxygen atoms in total. The highest BCUT2D eigenvalue weighted by atomic mass is 19.1. The van der Waals surface area contributed by atoms with Crippen LogP contribution in [0.25, 0.3) is 0 Å². The number of oxazole rings is 1. The van der Waals surface area contributed by atoms with Gasteiger partial charge in [0.05, 0.1) is 5.69 Å². The maximum atomic E-state index is 13.4. The van der Waals surface area contributed by atoms with Crippen LogP contribution in [0, 0.1) is 5.82 Å². The Morgan fingerprint density at radius 1 is 1.42 bits per heavy atom. The van der Waals surface area contributed by atoms with E-state index in [1.54, 1.807) is 18.2 Å². The molecule has 1 aromatic carbocycles. The normalized spacial score (nSPS) is 10.7. The van der Waals surface area contributed by atoms with Gasteiger partial charge in [-0.25, -0.2) is 9.37 Å². The van der Waals surface area contributed by atoms with Crippen LogP contribution in [0.4, 0.5) is 4.39 Å². The van der Waals surface area contributed by atoms with Crippen molar-refractivity contribution in [1.82, 2.24) is 10.3 Å². The zero-order chi connectivity index (χ0) is 13.8. The number of amides is 1. The molecule has 5 heteroatoms. The second kappa shape index (κ2) is 5.65.